The fraction of sp³-hybridized carbons (Fsp3) is 0.111. The third-order valence-electron chi connectivity index (χ3n) is 1.56. The second-order valence-electron chi connectivity index (χ2n) is 2.32. The molecule has 0 aliphatic carbocycles. The highest BCUT2D eigenvalue weighted by molar-refractivity contribution is 5.99. The van der Waals surface area contributed by atoms with E-state index in [2.05, 4.69) is 9.89 Å². The van der Waals surface area contributed by atoms with Crippen LogP contribution in [0.2, 0.25) is 0 Å². The fourth-order valence-electron chi connectivity index (χ4n) is 0.968. The third kappa shape index (κ3) is 2.05. The Balaban J connectivity index is 3.11. The predicted molar refractivity (Wildman–Crippen MR) is 47.2 cm³/mol. The summed E-state index contributed by atoms with van der Waals surface area (Å²) in [6.45, 7) is 0. The van der Waals surface area contributed by atoms with E-state index in [4.69, 9.17) is 5.21 Å². The molecule has 0 spiro atoms. The Bertz CT molecular complexity index is 333. The van der Waals surface area contributed by atoms with Crippen molar-refractivity contribution >= 4 is 12.2 Å². The zero-order valence-electron chi connectivity index (χ0n) is 7.10. The van der Waals surface area contributed by atoms with E-state index in [-0.39, 0.29) is 0 Å². The highest BCUT2D eigenvalue weighted by atomic mass is 16.5. The van der Waals surface area contributed by atoms with Crippen LogP contribution in [-0.2, 0) is 4.74 Å². The molecule has 0 heterocycles. The van der Waals surface area contributed by atoms with Crippen LogP contribution in [0.4, 0.5) is 0 Å². The van der Waals surface area contributed by atoms with Gasteiger partial charge in [-0.2, -0.15) is 0 Å². The molecular formula is C9H9NO3. The van der Waals surface area contributed by atoms with Crippen LogP contribution in [0.15, 0.2) is 29.4 Å². The van der Waals surface area contributed by atoms with E-state index >= 15 is 0 Å². The van der Waals surface area contributed by atoms with E-state index in [1.165, 1.54) is 13.3 Å². The van der Waals surface area contributed by atoms with Crippen molar-refractivity contribution in [1.82, 2.24) is 0 Å². The van der Waals surface area contributed by atoms with Gasteiger partial charge < -0.3 is 9.94 Å². The lowest BCUT2D eigenvalue weighted by molar-refractivity contribution is 0.0600. The first-order chi connectivity index (χ1) is 6.29. The van der Waals surface area contributed by atoms with E-state index in [1.54, 1.807) is 24.3 Å². The van der Waals surface area contributed by atoms with Gasteiger partial charge in [-0.05, 0) is 6.07 Å². The summed E-state index contributed by atoms with van der Waals surface area (Å²) in [7, 11) is 1.30. The van der Waals surface area contributed by atoms with Crippen LogP contribution in [0, 0.1) is 0 Å². The fourth-order valence-corrected chi connectivity index (χ4v) is 0.968. The molecule has 0 aromatic heterocycles. The number of hydrogen-bond donors (Lipinski definition) is 1. The number of esters is 1. The standard InChI is InChI=1S/C9H9NO3/c1-13-9(11)8-5-3-2-4-7(8)6-10-12/h2-6,12H,1H3/b10-6-. The molecule has 68 valence electrons. The summed E-state index contributed by atoms with van der Waals surface area (Å²) in [6, 6.07) is 6.71. The Labute approximate surface area is 75.4 Å². The van der Waals surface area contributed by atoms with Crippen molar-refractivity contribution in [1.29, 1.82) is 0 Å². The molecule has 0 aliphatic heterocycles. The number of carbonyl (C=O) groups excluding carboxylic acids is 1. The summed E-state index contributed by atoms with van der Waals surface area (Å²) in [4.78, 5) is 11.1. The van der Waals surface area contributed by atoms with Gasteiger partial charge in [0.2, 0.25) is 0 Å². The molecule has 13 heavy (non-hydrogen) atoms. The van der Waals surface area contributed by atoms with Crippen LogP contribution >= 0.6 is 0 Å². The number of benzene rings is 1. The molecule has 1 N–H and O–H groups in total. The van der Waals surface area contributed by atoms with Gasteiger partial charge in [0.25, 0.3) is 0 Å². The molecule has 0 radical (unpaired) electrons. The van der Waals surface area contributed by atoms with Crippen molar-refractivity contribution in [3.63, 3.8) is 0 Å². The van der Waals surface area contributed by atoms with Gasteiger partial charge in [0, 0.05) is 5.56 Å². The highest BCUT2D eigenvalue weighted by Gasteiger charge is 2.08. The Kier molecular flexibility index (Phi) is 3.03. The Morgan fingerprint density at radius 3 is 2.85 bits per heavy atom. The average molecular weight is 179 g/mol. The Morgan fingerprint density at radius 2 is 2.23 bits per heavy atom. The van der Waals surface area contributed by atoms with Crippen LogP contribution in [0.3, 0.4) is 0 Å². The number of carbonyl (C=O) groups is 1. The highest BCUT2D eigenvalue weighted by Crippen LogP contribution is 2.07. The molecule has 0 bridgehead atoms. The van der Waals surface area contributed by atoms with Crippen LogP contribution in [0.5, 0.6) is 0 Å². The van der Waals surface area contributed by atoms with Crippen LogP contribution < -0.4 is 0 Å². The van der Waals surface area contributed by atoms with Crippen molar-refractivity contribution in [2.75, 3.05) is 7.11 Å². The van der Waals surface area contributed by atoms with Gasteiger partial charge in [-0.25, -0.2) is 4.79 Å². The van der Waals surface area contributed by atoms with Gasteiger partial charge in [-0.3, -0.25) is 0 Å². The minimum atomic E-state index is -0.449. The lowest BCUT2D eigenvalue weighted by Gasteiger charge is -2.01. The first kappa shape index (κ1) is 9.25. The van der Waals surface area contributed by atoms with Crippen LogP contribution in [0.1, 0.15) is 15.9 Å². The second kappa shape index (κ2) is 4.25. The molecule has 0 amide bonds. The minimum absolute atomic E-state index is 0.378. The van der Waals surface area contributed by atoms with Crippen molar-refractivity contribution < 1.29 is 14.7 Å². The first-order valence-electron chi connectivity index (χ1n) is 3.64. The normalized spacial score (nSPS) is 10.2. The quantitative estimate of drug-likeness (QED) is 0.322. The predicted octanol–water partition coefficient (Wildman–Crippen LogP) is 1.28. The largest absolute Gasteiger partial charge is 0.465 e. The number of oxime groups is 1. The molecule has 1 aromatic carbocycles. The van der Waals surface area contributed by atoms with Gasteiger partial charge >= 0.3 is 5.97 Å². The van der Waals surface area contributed by atoms with Crippen LogP contribution in [0.25, 0.3) is 0 Å². The molecule has 4 nitrogen and oxygen atoms in total. The number of ether oxygens (including phenoxy) is 1. The molecule has 0 saturated heterocycles. The summed E-state index contributed by atoms with van der Waals surface area (Å²) >= 11 is 0. The molecule has 0 atom stereocenters. The Morgan fingerprint density at radius 1 is 1.54 bits per heavy atom. The minimum Gasteiger partial charge on any atom is -0.465 e. The number of methoxy groups -OCH3 is 1. The lowest BCUT2D eigenvalue weighted by Crippen LogP contribution is -2.04. The maximum atomic E-state index is 11.1. The van der Waals surface area contributed by atoms with E-state index in [1.807, 2.05) is 0 Å². The monoisotopic (exact) mass is 179 g/mol. The second-order valence-corrected chi connectivity index (χ2v) is 2.32. The van der Waals surface area contributed by atoms with Crippen molar-refractivity contribution in [2.24, 2.45) is 5.16 Å². The number of hydrogen-bond acceptors (Lipinski definition) is 4. The average Bonchev–Trinajstić information content (AvgIpc) is 2.18. The zero-order chi connectivity index (χ0) is 9.68. The van der Waals surface area contributed by atoms with Gasteiger partial charge in [0.05, 0.1) is 18.9 Å². The van der Waals surface area contributed by atoms with Crippen molar-refractivity contribution in [2.45, 2.75) is 0 Å². The molecule has 4 heteroatoms. The maximum Gasteiger partial charge on any atom is 0.338 e. The van der Waals surface area contributed by atoms with Crippen LogP contribution in [-0.4, -0.2) is 24.5 Å². The molecule has 0 fully saturated rings. The van der Waals surface area contributed by atoms with Gasteiger partial charge in [-0.15, -0.1) is 0 Å². The summed E-state index contributed by atoms with van der Waals surface area (Å²) in [5.41, 5.74) is 0.902. The molecule has 0 saturated carbocycles. The maximum absolute atomic E-state index is 11.1. The number of rotatable bonds is 2. The molecule has 1 rings (SSSR count). The van der Waals surface area contributed by atoms with E-state index in [9.17, 15) is 4.79 Å². The summed E-state index contributed by atoms with van der Waals surface area (Å²) in [5.74, 6) is -0.449. The molecular weight excluding hydrogens is 170 g/mol. The summed E-state index contributed by atoms with van der Waals surface area (Å²) < 4.78 is 4.54. The number of nitrogens with zero attached hydrogens (tertiary/aromatic N) is 1. The van der Waals surface area contributed by atoms with E-state index in [0.717, 1.165) is 0 Å². The van der Waals surface area contributed by atoms with Crippen molar-refractivity contribution in [3.8, 4) is 0 Å². The van der Waals surface area contributed by atoms with E-state index < -0.39 is 5.97 Å². The van der Waals surface area contributed by atoms with Gasteiger partial charge in [-0.1, -0.05) is 23.4 Å². The Hall–Kier alpha value is -1.84. The molecule has 0 aliphatic rings. The third-order valence-corrected chi connectivity index (χ3v) is 1.56. The first-order valence-corrected chi connectivity index (χ1v) is 3.64. The topological polar surface area (TPSA) is 58.9 Å². The summed E-state index contributed by atoms with van der Waals surface area (Å²) in [6.07, 6.45) is 1.19. The lowest BCUT2D eigenvalue weighted by atomic mass is 10.1. The smallest absolute Gasteiger partial charge is 0.338 e. The molecule has 0 unspecified atom stereocenters. The SMILES string of the molecule is COC(=O)c1ccccc1/C=N\O. The van der Waals surface area contributed by atoms with Gasteiger partial charge in [0.15, 0.2) is 0 Å². The van der Waals surface area contributed by atoms with Crippen molar-refractivity contribution in [3.05, 3.63) is 35.4 Å². The van der Waals surface area contributed by atoms with Gasteiger partial charge in [0.1, 0.15) is 0 Å². The zero-order valence-corrected chi connectivity index (χ0v) is 7.10. The summed E-state index contributed by atoms with van der Waals surface area (Å²) in [5, 5.41) is 11.2. The van der Waals surface area contributed by atoms with E-state index in [0.29, 0.717) is 11.1 Å². The molecule has 1 aromatic rings.